The van der Waals surface area contributed by atoms with Gasteiger partial charge in [0.25, 0.3) is 0 Å². The SMILES string of the molecule is CC(=O)NC(CC(=O)N1CCNC[C@@H]1C)c1ccccc1. The second-order valence-corrected chi connectivity index (χ2v) is 5.51. The van der Waals surface area contributed by atoms with Gasteiger partial charge in [0.1, 0.15) is 0 Å². The zero-order valence-electron chi connectivity index (χ0n) is 12.6. The molecule has 21 heavy (non-hydrogen) atoms. The van der Waals surface area contributed by atoms with Crippen molar-refractivity contribution >= 4 is 11.8 Å². The highest BCUT2D eigenvalue weighted by Gasteiger charge is 2.26. The number of hydrogen-bond acceptors (Lipinski definition) is 3. The largest absolute Gasteiger partial charge is 0.349 e. The van der Waals surface area contributed by atoms with Crippen LogP contribution in [-0.2, 0) is 9.59 Å². The lowest BCUT2D eigenvalue weighted by molar-refractivity contribution is -0.134. The van der Waals surface area contributed by atoms with Crippen molar-refractivity contribution < 1.29 is 9.59 Å². The van der Waals surface area contributed by atoms with Gasteiger partial charge in [0.2, 0.25) is 11.8 Å². The molecule has 1 aliphatic heterocycles. The molecular formula is C16H23N3O2. The fourth-order valence-electron chi connectivity index (χ4n) is 2.69. The van der Waals surface area contributed by atoms with Gasteiger partial charge in [0.05, 0.1) is 12.5 Å². The van der Waals surface area contributed by atoms with Crippen LogP contribution in [0.4, 0.5) is 0 Å². The van der Waals surface area contributed by atoms with Crippen molar-refractivity contribution in [2.24, 2.45) is 0 Å². The van der Waals surface area contributed by atoms with E-state index in [0.29, 0.717) is 6.42 Å². The molecule has 0 spiro atoms. The molecule has 1 aliphatic rings. The third-order valence-electron chi connectivity index (χ3n) is 3.78. The Balaban J connectivity index is 2.07. The van der Waals surface area contributed by atoms with Crippen LogP contribution >= 0.6 is 0 Å². The van der Waals surface area contributed by atoms with Gasteiger partial charge in [-0.15, -0.1) is 0 Å². The van der Waals surface area contributed by atoms with Crippen LogP contribution in [0, 0.1) is 0 Å². The molecule has 1 fully saturated rings. The van der Waals surface area contributed by atoms with Crippen LogP contribution in [0.5, 0.6) is 0 Å². The van der Waals surface area contributed by atoms with Crippen molar-refractivity contribution in [1.82, 2.24) is 15.5 Å². The molecule has 5 heteroatoms. The molecule has 2 amide bonds. The first-order valence-electron chi connectivity index (χ1n) is 7.40. The summed E-state index contributed by atoms with van der Waals surface area (Å²) in [4.78, 5) is 25.8. The molecule has 2 atom stereocenters. The van der Waals surface area contributed by atoms with Gasteiger partial charge in [-0.2, -0.15) is 0 Å². The molecule has 0 saturated carbocycles. The van der Waals surface area contributed by atoms with Gasteiger partial charge in [-0.3, -0.25) is 9.59 Å². The quantitative estimate of drug-likeness (QED) is 0.872. The fourth-order valence-corrected chi connectivity index (χ4v) is 2.69. The fraction of sp³-hybridized carbons (Fsp3) is 0.500. The Bertz CT molecular complexity index is 490. The molecule has 0 bridgehead atoms. The number of carbonyl (C=O) groups excluding carboxylic acids is 2. The standard InChI is InChI=1S/C16H23N3O2/c1-12-11-17-8-9-19(12)16(21)10-15(18-13(2)20)14-6-4-3-5-7-14/h3-7,12,15,17H,8-11H2,1-2H3,(H,18,20)/t12-,15?/m0/s1. The Hall–Kier alpha value is -1.88. The first kappa shape index (κ1) is 15.5. The summed E-state index contributed by atoms with van der Waals surface area (Å²) in [6.45, 7) is 5.89. The number of nitrogens with zero attached hydrogens (tertiary/aromatic N) is 1. The molecule has 1 heterocycles. The summed E-state index contributed by atoms with van der Waals surface area (Å²) in [5, 5.41) is 6.15. The van der Waals surface area contributed by atoms with Gasteiger partial charge in [-0.1, -0.05) is 30.3 Å². The van der Waals surface area contributed by atoms with E-state index >= 15 is 0 Å². The van der Waals surface area contributed by atoms with E-state index in [2.05, 4.69) is 10.6 Å². The molecule has 1 saturated heterocycles. The average Bonchev–Trinajstić information content (AvgIpc) is 2.47. The minimum absolute atomic E-state index is 0.0894. The lowest BCUT2D eigenvalue weighted by atomic mass is 10.0. The summed E-state index contributed by atoms with van der Waals surface area (Å²) in [6, 6.07) is 9.57. The highest BCUT2D eigenvalue weighted by molar-refractivity contribution is 5.79. The molecule has 1 unspecified atom stereocenters. The Morgan fingerprint density at radius 3 is 2.71 bits per heavy atom. The Morgan fingerprint density at radius 1 is 1.38 bits per heavy atom. The number of piperazine rings is 1. The summed E-state index contributed by atoms with van der Waals surface area (Å²) < 4.78 is 0. The van der Waals surface area contributed by atoms with Gasteiger partial charge in [-0.25, -0.2) is 0 Å². The smallest absolute Gasteiger partial charge is 0.225 e. The third kappa shape index (κ3) is 4.29. The molecule has 1 aromatic rings. The predicted octanol–water partition coefficient (Wildman–Crippen LogP) is 1.07. The normalized spacial score (nSPS) is 19.9. The van der Waals surface area contributed by atoms with Crippen molar-refractivity contribution in [2.75, 3.05) is 19.6 Å². The van der Waals surface area contributed by atoms with E-state index in [1.54, 1.807) is 0 Å². The molecule has 2 N–H and O–H groups in total. The number of rotatable bonds is 4. The molecule has 5 nitrogen and oxygen atoms in total. The van der Waals surface area contributed by atoms with E-state index in [0.717, 1.165) is 25.2 Å². The molecule has 0 aliphatic carbocycles. The molecule has 2 rings (SSSR count). The van der Waals surface area contributed by atoms with E-state index in [1.165, 1.54) is 6.92 Å². The second kappa shape index (κ2) is 7.22. The lowest BCUT2D eigenvalue weighted by Crippen LogP contribution is -2.52. The zero-order valence-corrected chi connectivity index (χ0v) is 12.6. The van der Waals surface area contributed by atoms with Gasteiger partial charge in [0, 0.05) is 32.6 Å². The summed E-state index contributed by atoms with van der Waals surface area (Å²) in [6.07, 6.45) is 0.300. The summed E-state index contributed by atoms with van der Waals surface area (Å²) in [5.41, 5.74) is 0.962. The molecule has 0 radical (unpaired) electrons. The number of carbonyl (C=O) groups is 2. The van der Waals surface area contributed by atoms with Crippen LogP contribution < -0.4 is 10.6 Å². The van der Waals surface area contributed by atoms with Crippen molar-refractivity contribution in [3.8, 4) is 0 Å². The Morgan fingerprint density at radius 2 is 2.10 bits per heavy atom. The predicted molar refractivity (Wildman–Crippen MR) is 81.7 cm³/mol. The second-order valence-electron chi connectivity index (χ2n) is 5.51. The maximum absolute atomic E-state index is 12.5. The monoisotopic (exact) mass is 289 g/mol. The van der Waals surface area contributed by atoms with E-state index in [9.17, 15) is 9.59 Å². The first-order valence-corrected chi connectivity index (χ1v) is 7.40. The topological polar surface area (TPSA) is 61.4 Å². The van der Waals surface area contributed by atoms with Crippen LogP contribution in [0.15, 0.2) is 30.3 Å². The Labute approximate surface area is 125 Å². The van der Waals surface area contributed by atoms with Crippen LogP contribution in [0.2, 0.25) is 0 Å². The van der Waals surface area contributed by atoms with Crippen molar-refractivity contribution in [3.63, 3.8) is 0 Å². The van der Waals surface area contributed by atoms with Crippen molar-refractivity contribution in [3.05, 3.63) is 35.9 Å². The van der Waals surface area contributed by atoms with E-state index in [1.807, 2.05) is 42.2 Å². The first-order chi connectivity index (χ1) is 10.1. The van der Waals surface area contributed by atoms with Crippen LogP contribution in [0.3, 0.4) is 0 Å². The van der Waals surface area contributed by atoms with Gasteiger partial charge in [-0.05, 0) is 12.5 Å². The third-order valence-corrected chi connectivity index (χ3v) is 3.78. The molecular weight excluding hydrogens is 266 g/mol. The maximum Gasteiger partial charge on any atom is 0.225 e. The molecule has 1 aromatic carbocycles. The molecule has 0 aromatic heterocycles. The number of hydrogen-bond donors (Lipinski definition) is 2. The minimum Gasteiger partial charge on any atom is -0.349 e. The van der Waals surface area contributed by atoms with Crippen LogP contribution in [0.25, 0.3) is 0 Å². The minimum atomic E-state index is -0.265. The highest BCUT2D eigenvalue weighted by Crippen LogP contribution is 2.19. The lowest BCUT2D eigenvalue weighted by Gasteiger charge is -2.35. The van der Waals surface area contributed by atoms with E-state index in [-0.39, 0.29) is 23.9 Å². The number of benzene rings is 1. The van der Waals surface area contributed by atoms with Crippen molar-refractivity contribution in [2.45, 2.75) is 32.4 Å². The summed E-state index contributed by atoms with van der Waals surface area (Å²) >= 11 is 0. The van der Waals surface area contributed by atoms with Gasteiger partial charge in [0.15, 0.2) is 0 Å². The number of nitrogens with one attached hydrogen (secondary N) is 2. The highest BCUT2D eigenvalue weighted by atomic mass is 16.2. The van der Waals surface area contributed by atoms with Crippen LogP contribution in [-0.4, -0.2) is 42.4 Å². The Kier molecular flexibility index (Phi) is 5.33. The molecule has 114 valence electrons. The van der Waals surface area contributed by atoms with E-state index < -0.39 is 0 Å². The van der Waals surface area contributed by atoms with Gasteiger partial charge < -0.3 is 15.5 Å². The summed E-state index contributed by atoms with van der Waals surface area (Å²) in [5.74, 6) is -0.0309. The van der Waals surface area contributed by atoms with Crippen molar-refractivity contribution in [1.29, 1.82) is 0 Å². The van der Waals surface area contributed by atoms with Crippen LogP contribution in [0.1, 0.15) is 31.9 Å². The van der Waals surface area contributed by atoms with Gasteiger partial charge >= 0.3 is 0 Å². The van der Waals surface area contributed by atoms with E-state index in [4.69, 9.17) is 0 Å². The average molecular weight is 289 g/mol. The number of amides is 2. The zero-order chi connectivity index (χ0) is 15.2. The maximum atomic E-state index is 12.5. The summed E-state index contributed by atoms with van der Waals surface area (Å²) in [7, 11) is 0.